The Morgan fingerprint density at radius 1 is 1.30 bits per heavy atom. The van der Waals surface area contributed by atoms with Crippen molar-refractivity contribution in [2.75, 3.05) is 11.4 Å². The highest BCUT2D eigenvalue weighted by atomic mass is 16.2. The van der Waals surface area contributed by atoms with E-state index in [-0.39, 0.29) is 5.91 Å². The second-order valence-electron chi connectivity index (χ2n) is 6.47. The summed E-state index contributed by atoms with van der Waals surface area (Å²) >= 11 is 0. The zero-order valence-corrected chi connectivity index (χ0v) is 16.1. The molecule has 2 rings (SSSR count). The van der Waals surface area contributed by atoms with E-state index in [2.05, 4.69) is 24.1 Å². The molecule has 0 atom stereocenters. The van der Waals surface area contributed by atoms with Crippen molar-refractivity contribution >= 4 is 17.7 Å². The summed E-state index contributed by atoms with van der Waals surface area (Å²) in [5.74, 6) is -0.00531. The molecule has 0 aliphatic carbocycles. The van der Waals surface area contributed by atoms with Gasteiger partial charge < -0.3 is 4.90 Å². The number of nitriles is 1. The zero-order chi connectivity index (χ0) is 19.6. The van der Waals surface area contributed by atoms with Crippen LogP contribution in [0.15, 0.2) is 60.3 Å². The number of rotatable bonds is 7. The lowest BCUT2D eigenvalue weighted by Gasteiger charge is -2.22. The second-order valence-corrected chi connectivity index (χ2v) is 6.47. The third-order valence-corrected chi connectivity index (χ3v) is 4.08. The van der Waals surface area contributed by atoms with Crippen LogP contribution in [0, 0.1) is 18.3 Å². The van der Waals surface area contributed by atoms with Crippen LogP contribution in [0.1, 0.15) is 43.5 Å². The average molecular weight is 359 g/mol. The van der Waals surface area contributed by atoms with Gasteiger partial charge in [0.05, 0.1) is 11.9 Å². The van der Waals surface area contributed by atoms with Gasteiger partial charge in [-0.3, -0.25) is 4.79 Å². The second kappa shape index (κ2) is 10.1. The number of hydrogen-bond acceptors (Lipinski definition) is 3. The number of allylic oxidation sites excluding steroid dienone is 1. The molecule has 1 aromatic heterocycles. The number of benzene rings is 1. The fraction of sp³-hybridized carbons (Fsp3) is 0.261. The van der Waals surface area contributed by atoms with Crippen LogP contribution >= 0.6 is 0 Å². The Morgan fingerprint density at radius 3 is 2.74 bits per heavy atom. The number of aryl methyl sites for hydroxylation is 1. The number of aromatic nitrogens is 1. The Hall–Kier alpha value is -3.19. The Morgan fingerprint density at radius 2 is 2.11 bits per heavy atom. The van der Waals surface area contributed by atoms with Crippen molar-refractivity contribution in [3.63, 3.8) is 0 Å². The fourth-order valence-corrected chi connectivity index (χ4v) is 2.78. The van der Waals surface area contributed by atoms with Gasteiger partial charge in [0.25, 0.3) is 0 Å². The van der Waals surface area contributed by atoms with Crippen LogP contribution in [0.2, 0.25) is 0 Å². The largest absolute Gasteiger partial charge is 0.307 e. The van der Waals surface area contributed by atoms with Crippen LogP contribution in [0.3, 0.4) is 0 Å². The lowest BCUT2D eigenvalue weighted by Crippen LogP contribution is -2.32. The van der Waals surface area contributed by atoms with Crippen LogP contribution < -0.4 is 4.90 Å². The third-order valence-electron chi connectivity index (χ3n) is 4.08. The first-order valence-corrected chi connectivity index (χ1v) is 9.09. The highest BCUT2D eigenvalue weighted by Gasteiger charge is 2.15. The minimum atomic E-state index is -0.00531. The monoisotopic (exact) mass is 359 g/mol. The van der Waals surface area contributed by atoms with E-state index >= 15 is 0 Å². The minimum absolute atomic E-state index is 0.00531. The quantitative estimate of drug-likeness (QED) is 0.650. The van der Waals surface area contributed by atoms with Crippen molar-refractivity contribution in [1.82, 2.24) is 4.98 Å². The minimum Gasteiger partial charge on any atom is -0.307 e. The molecular weight excluding hydrogens is 334 g/mol. The number of amides is 1. The van der Waals surface area contributed by atoms with Gasteiger partial charge in [0.15, 0.2) is 0 Å². The summed E-state index contributed by atoms with van der Waals surface area (Å²) < 4.78 is 0. The van der Waals surface area contributed by atoms with E-state index in [0.717, 1.165) is 17.6 Å². The molecule has 0 fully saturated rings. The van der Waals surface area contributed by atoms with Gasteiger partial charge in [-0.15, -0.1) is 0 Å². The van der Waals surface area contributed by atoms with Gasteiger partial charge in [-0.25, -0.2) is 4.98 Å². The van der Waals surface area contributed by atoms with E-state index < -0.39 is 0 Å². The van der Waals surface area contributed by atoms with Crippen LogP contribution in [0.4, 0.5) is 5.69 Å². The van der Waals surface area contributed by atoms with E-state index in [0.29, 0.717) is 24.3 Å². The first kappa shape index (κ1) is 20.1. The summed E-state index contributed by atoms with van der Waals surface area (Å²) in [4.78, 5) is 18.7. The smallest absolute Gasteiger partial charge is 0.231 e. The van der Waals surface area contributed by atoms with E-state index in [1.807, 2.05) is 50.3 Å². The number of nitrogens with zero attached hydrogens (tertiary/aromatic N) is 3. The van der Waals surface area contributed by atoms with Crippen LogP contribution in [0.25, 0.3) is 6.08 Å². The van der Waals surface area contributed by atoms with Crippen molar-refractivity contribution in [3.8, 4) is 6.07 Å². The molecule has 1 aromatic carbocycles. The predicted octanol–water partition coefficient (Wildman–Crippen LogP) is 5.05. The van der Waals surface area contributed by atoms with Crippen LogP contribution in [-0.2, 0) is 4.79 Å². The molecule has 0 spiro atoms. The van der Waals surface area contributed by atoms with E-state index in [9.17, 15) is 4.79 Å². The Balaban J connectivity index is 2.17. The molecule has 1 heterocycles. The molecular formula is C23H25N3O. The maximum absolute atomic E-state index is 12.8. The number of pyridine rings is 1. The van der Waals surface area contributed by atoms with Gasteiger partial charge in [-0.1, -0.05) is 60.6 Å². The summed E-state index contributed by atoms with van der Waals surface area (Å²) in [6.45, 7) is 6.65. The number of carbonyl (C=O) groups excluding carboxylic acids is 1. The molecule has 0 bridgehead atoms. The molecule has 138 valence electrons. The molecule has 0 unspecified atom stereocenters. The predicted molar refractivity (Wildman–Crippen MR) is 110 cm³/mol. The number of anilines is 1. The van der Waals surface area contributed by atoms with Crippen LogP contribution in [0.5, 0.6) is 0 Å². The molecule has 2 aromatic rings. The molecule has 0 N–H and O–H groups in total. The average Bonchev–Trinajstić information content (AvgIpc) is 2.66. The maximum Gasteiger partial charge on any atom is 0.231 e. The summed E-state index contributed by atoms with van der Waals surface area (Å²) in [7, 11) is 0. The highest BCUT2D eigenvalue weighted by Crippen LogP contribution is 2.17. The van der Waals surface area contributed by atoms with Crippen molar-refractivity contribution < 1.29 is 4.79 Å². The van der Waals surface area contributed by atoms with Gasteiger partial charge in [0.1, 0.15) is 11.8 Å². The van der Waals surface area contributed by atoms with Crippen molar-refractivity contribution in [1.29, 1.82) is 5.26 Å². The summed E-state index contributed by atoms with van der Waals surface area (Å²) in [6.07, 6.45) is 8.77. The lowest BCUT2D eigenvalue weighted by atomic mass is 10.1. The van der Waals surface area contributed by atoms with Crippen molar-refractivity contribution in [3.05, 3.63) is 77.1 Å². The van der Waals surface area contributed by atoms with Gasteiger partial charge in [-0.05, 0) is 38.0 Å². The topological polar surface area (TPSA) is 57.0 Å². The molecule has 0 aliphatic rings. The standard InChI is InChI=1S/C23H25N3O/c1-4-7-19(3)17-26(22-13-12-21(15-24)25-16-22)23(27)11-6-10-20-9-5-8-18(2)14-20/h5-10,12-14,16H,4,11,17H2,1-3H3/b10-6+,19-7+. The van der Waals surface area contributed by atoms with Crippen molar-refractivity contribution in [2.45, 2.75) is 33.6 Å². The normalized spacial score (nSPS) is 11.4. The van der Waals surface area contributed by atoms with Gasteiger partial charge in [0, 0.05) is 13.0 Å². The first-order chi connectivity index (χ1) is 13.0. The fourth-order valence-electron chi connectivity index (χ4n) is 2.78. The van der Waals surface area contributed by atoms with E-state index in [1.165, 1.54) is 5.56 Å². The van der Waals surface area contributed by atoms with Gasteiger partial charge in [0.2, 0.25) is 5.91 Å². The van der Waals surface area contributed by atoms with Gasteiger partial charge >= 0.3 is 0 Å². The molecule has 0 aliphatic heterocycles. The molecule has 0 saturated heterocycles. The van der Waals surface area contributed by atoms with Crippen molar-refractivity contribution in [2.24, 2.45) is 0 Å². The molecule has 4 heteroatoms. The van der Waals surface area contributed by atoms with Gasteiger partial charge in [-0.2, -0.15) is 5.26 Å². The summed E-state index contributed by atoms with van der Waals surface area (Å²) in [5, 5.41) is 8.92. The molecule has 27 heavy (non-hydrogen) atoms. The Kier molecular flexibility index (Phi) is 7.51. The van der Waals surface area contributed by atoms with E-state index in [1.54, 1.807) is 23.2 Å². The third kappa shape index (κ3) is 6.23. The molecule has 4 nitrogen and oxygen atoms in total. The summed E-state index contributed by atoms with van der Waals surface area (Å²) in [6, 6.07) is 13.6. The lowest BCUT2D eigenvalue weighted by molar-refractivity contribution is -0.117. The molecule has 0 radical (unpaired) electrons. The molecule has 0 saturated carbocycles. The Bertz CT molecular complexity index is 873. The highest BCUT2D eigenvalue weighted by molar-refractivity contribution is 5.94. The maximum atomic E-state index is 12.8. The SMILES string of the molecule is CC/C=C(\C)CN(C(=O)C/C=C/c1cccc(C)c1)c1ccc(C#N)nc1. The zero-order valence-electron chi connectivity index (χ0n) is 16.1. The summed E-state index contributed by atoms with van der Waals surface area (Å²) in [5.41, 5.74) is 4.43. The Labute approximate surface area is 161 Å². The number of hydrogen-bond donors (Lipinski definition) is 0. The first-order valence-electron chi connectivity index (χ1n) is 9.09. The number of carbonyl (C=O) groups is 1. The molecule has 1 amide bonds. The van der Waals surface area contributed by atoms with E-state index in [4.69, 9.17) is 5.26 Å². The van der Waals surface area contributed by atoms with Crippen LogP contribution in [-0.4, -0.2) is 17.4 Å².